The lowest BCUT2D eigenvalue weighted by Crippen LogP contribution is -2.29. The van der Waals surface area contributed by atoms with Gasteiger partial charge >= 0.3 is 0 Å². The molecule has 0 radical (unpaired) electrons. The number of nitrogen functional groups attached to an aromatic ring is 1. The zero-order chi connectivity index (χ0) is 13.7. The molecule has 0 fully saturated rings. The Morgan fingerprint density at radius 1 is 1.26 bits per heavy atom. The van der Waals surface area contributed by atoms with Gasteiger partial charge in [-0.25, -0.2) is 5.84 Å². The number of nitrogens with two attached hydrogens (primary N) is 1. The van der Waals surface area contributed by atoms with E-state index < -0.39 is 0 Å². The molecule has 2 aromatic rings. The van der Waals surface area contributed by atoms with Gasteiger partial charge in [0.25, 0.3) is 5.91 Å². The van der Waals surface area contributed by atoms with Gasteiger partial charge in [-0.05, 0) is 29.8 Å². The van der Waals surface area contributed by atoms with Crippen molar-refractivity contribution in [2.24, 2.45) is 5.84 Å². The normalized spacial score (nSPS) is 10.4. The number of hydrogen-bond acceptors (Lipinski definition) is 5. The third-order valence-corrected chi connectivity index (χ3v) is 4.83. The predicted molar refractivity (Wildman–Crippen MR) is 77.9 cm³/mol. The summed E-state index contributed by atoms with van der Waals surface area (Å²) in [5.41, 5.74) is 3.03. The molecule has 4 nitrogen and oxygen atoms in total. The molecule has 4 N–H and O–H groups in total. The fourth-order valence-corrected chi connectivity index (χ4v) is 3.35. The SMILES string of the molecule is NNC(=O)c1ccc(CSc2ccc(CO)cc2)s1. The Kier molecular flexibility index (Phi) is 4.98. The second kappa shape index (κ2) is 6.72. The van der Waals surface area contributed by atoms with Crippen LogP contribution in [0.15, 0.2) is 41.3 Å². The average Bonchev–Trinajstić information content (AvgIpc) is 2.93. The van der Waals surface area contributed by atoms with E-state index in [0.29, 0.717) is 4.88 Å². The van der Waals surface area contributed by atoms with Crippen molar-refractivity contribution in [3.05, 3.63) is 51.7 Å². The summed E-state index contributed by atoms with van der Waals surface area (Å²) in [6, 6.07) is 11.5. The average molecular weight is 294 g/mol. The maximum Gasteiger partial charge on any atom is 0.275 e. The number of benzene rings is 1. The number of hydrogen-bond donors (Lipinski definition) is 3. The maximum atomic E-state index is 11.3. The molecule has 1 aromatic heterocycles. The summed E-state index contributed by atoms with van der Waals surface area (Å²) in [7, 11) is 0. The molecule has 1 amide bonds. The summed E-state index contributed by atoms with van der Waals surface area (Å²) in [6.07, 6.45) is 0. The number of thioether (sulfide) groups is 1. The lowest BCUT2D eigenvalue weighted by molar-refractivity contribution is 0.0957. The Morgan fingerprint density at radius 2 is 2.00 bits per heavy atom. The van der Waals surface area contributed by atoms with Crippen LogP contribution in [0, 0.1) is 0 Å². The zero-order valence-electron chi connectivity index (χ0n) is 10.1. The maximum absolute atomic E-state index is 11.3. The summed E-state index contributed by atoms with van der Waals surface area (Å²) >= 11 is 3.13. The Labute approximate surface area is 119 Å². The highest BCUT2D eigenvalue weighted by molar-refractivity contribution is 7.98. The molecule has 1 heterocycles. The first-order chi connectivity index (χ1) is 9.22. The third-order valence-electron chi connectivity index (χ3n) is 2.50. The molecular weight excluding hydrogens is 280 g/mol. The Bertz CT molecular complexity index is 552. The molecule has 0 saturated carbocycles. The molecule has 0 atom stereocenters. The molecule has 0 aliphatic carbocycles. The van der Waals surface area contributed by atoms with Gasteiger partial charge in [-0.1, -0.05) is 12.1 Å². The van der Waals surface area contributed by atoms with E-state index in [9.17, 15) is 4.79 Å². The quantitative estimate of drug-likeness (QED) is 0.342. The van der Waals surface area contributed by atoms with Crippen molar-refractivity contribution in [1.29, 1.82) is 0 Å². The first kappa shape index (κ1) is 14.1. The molecule has 0 bridgehead atoms. The van der Waals surface area contributed by atoms with Crippen LogP contribution in [0.3, 0.4) is 0 Å². The number of amides is 1. The van der Waals surface area contributed by atoms with Crippen LogP contribution >= 0.6 is 23.1 Å². The van der Waals surface area contributed by atoms with E-state index in [1.807, 2.05) is 30.3 Å². The van der Waals surface area contributed by atoms with Crippen molar-refractivity contribution in [2.75, 3.05) is 0 Å². The Hall–Kier alpha value is -1.34. The van der Waals surface area contributed by atoms with Gasteiger partial charge in [-0.15, -0.1) is 23.1 Å². The Morgan fingerprint density at radius 3 is 2.63 bits per heavy atom. The number of nitrogens with one attached hydrogen (secondary N) is 1. The van der Waals surface area contributed by atoms with Crippen molar-refractivity contribution in [1.82, 2.24) is 5.43 Å². The number of aliphatic hydroxyl groups excluding tert-OH is 1. The first-order valence-corrected chi connectivity index (χ1v) is 7.45. The monoisotopic (exact) mass is 294 g/mol. The van der Waals surface area contributed by atoms with Crippen molar-refractivity contribution in [3.8, 4) is 0 Å². The topological polar surface area (TPSA) is 75.3 Å². The van der Waals surface area contributed by atoms with E-state index in [1.54, 1.807) is 17.8 Å². The van der Waals surface area contributed by atoms with E-state index in [2.05, 4.69) is 5.43 Å². The molecule has 0 aliphatic rings. The number of aliphatic hydroxyl groups is 1. The van der Waals surface area contributed by atoms with Crippen LogP contribution in [0.2, 0.25) is 0 Å². The highest BCUT2D eigenvalue weighted by Crippen LogP contribution is 2.27. The first-order valence-electron chi connectivity index (χ1n) is 5.65. The molecule has 100 valence electrons. The zero-order valence-corrected chi connectivity index (χ0v) is 11.8. The minimum Gasteiger partial charge on any atom is -0.392 e. The van der Waals surface area contributed by atoms with Crippen LogP contribution < -0.4 is 11.3 Å². The van der Waals surface area contributed by atoms with Gasteiger partial charge < -0.3 is 5.11 Å². The largest absolute Gasteiger partial charge is 0.392 e. The summed E-state index contributed by atoms with van der Waals surface area (Å²) < 4.78 is 0. The van der Waals surface area contributed by atoms with Gasteiger partial charge in [0.1, 0.15) is 0 Å². The molecule has 6 heteroatoms. The van der Waals surface area contributed by atoms with Crippen LogP contribution in [0.25, 0.3) is 0 Å². The number of hydrazine groups is 1. The van der Waals surface area contributed by atoms with Crippen LogP contribution in [-0.4, -0.2) is 11.0 Å². The standard InChI is InChI=1S/C13H14N2O2S2/c14-15-13(17)12-6-5-11(19-12)8-18-10-3-1-9(7-16)2-4-10/h1-6,16H,7-8,14H2,(H,15,17). The summed E-state index contributed by atoms with van der Waals surface area (Å²) in [4.78, 5) is 14.2. The van der Waals surface area contributed by atoms with E-state index in [-0.39, 0.29) is 12.5 Å². The highest BCUT2D eigenvalue weighted by atomic mass is 32.2. The molecule has 1 aromatic carbocycles. The van der Waals surface area contributed by atoms with Crippen LogP contribution in [0.5, 0.6) is 0 Å². The van der Waals surface area contributed by atoms with Gasteiger partial charge in [0.05, 0.1) is 11.5 Å². The minimum atomic E-state index is -0.256. The number of rotatable bonds is 5. The molecule has 0 aliphatic heterocycles. The van der Waals surface area contributed by atoms with Crippen LogP contribution in [-0.2, 0) is 12.4 Å². The highest BCUT2D eigenvalue weighted by Gasteiger charge is 2.07. The van der Waals surface area contributed by atoms with Crippen molar-refractivity contribution >= 4 is 29.0 Å². The van der Waals surface area contributed by atoms with Crippen LogP contribution in [0.1, 0.15) is 20.1 Å². The van der Waals surface area contributed by atoms with Crippen molar-refractivity contribution < 1.29 is 9.90 Å². The second-order valence-corrected chi connectivity index (χ2v) is 6.05. The van der Waals surface area contributed by atoms with Gasteiger partial charge in [0, 0.05) is 15.5 Å². The van der Waals surface area contributed by atoms with E-state index in [4.69, 9.17) is 10.9 Å². The summed E-state index contributed by atoms with van der Waals surface area (Å²) in [6.45, 7) is 0.0629. The van der Waals surface area contributed by atoms with Crippen molar-refractivity contribution in [2.45, 2.75) is 17.3 Å². The second-order valence-electron chi connectivity index (χ2n) is 3.83. The van der Waals surface area contributed by atoms with Crippen molar-refractivity contribution in [3.63, 3.8) is 0 Å². The fraction of sp³-hybridized carbons (Fsp3) is 0.154. The van der Waals surface area contributed by atoms with E-state index >= 15 is 0 Å². The molecule has 0 unspecified atom stereocenters. The number of carbonyl (C=O) groups is 1. The molecule has 2 rings (SSSR count). The van der Waals surface area contributed by atoms with Gasteiger partial charge in [0.2, 0.25) is 0 Å². The molecular formula is C13H14N2O2S2. The van der Waals surface area contributed by atoms with Gasteiger partial charge in [0.15, 0.2) is 0 Å². The third kappa shape index (κ3) is 3.81. The number of thiophene rings is 1. The van der Waals surface area contributed by atoms with Crippen LogP contribution in [0.4, 0.5) is 0 Å². The van der Waals surface area contributed by atoms with E-state index in [0.717, 1.165) is 21.1 Å². The van der Waals surface area contributed by atoms with Gasteiger partial charge in [-0.2, -0.15) is 0 Å². The number of carbonyl (C=O) groups excluding carboxylic acids is 1. The molecule has 0 spiro atoms. The minimum absolute atomic E-state index is 0.0629. The van der Waals surface area contributed by atoms with Gasteiger partial charge in [-0.3, -0.25) is 10.2 Å². The predicted octanol–water partition coefficient (Wildman–Crippen LogP) is 2.14. The lowest BCUT2D eigenvalue weighted by Gasteiger charge is -2.01. The lowest BCUT2D eigenvalue weighted by atomic mass is 10.2. The smallest absolute Gasteiger partial charge is 0.275 e. The van der Waals surface area contributed by atoms with E-state index in [1.165, 1.54) is 11.3 Å². The summed E-state index contributed by atoms with van der Waals surface area (Å²) in [5, 5.41) is 8.96. The fourth-order valence-electron chi connectivity index (χ4n) is 1.49. The molecule has 19 heavy (non-hydrogen) atoms. The molecule has 0 saturated heterocycles. The summed E-state index contributed by atoms with van der Waals surface area (Å²) in [5.74, 6) is 5.64. The Balaban J connectivity index is 1.94.